The molecule has 0 spiro atoms. The van der Waals surface area contributed by atoms with Crippen molar-refractivity contribution in [2.45, 2.75) is 25.5 Å². The number of aliphatic hydroxyl groups excluding tert-OH is 1. The summed E-state index contributed by atoms with van der Waals surface area (Å²) in [4.78, 5) is 36.1. The van der Waals surface area contributed by atoms with Crippen molar-refractivity contribution in [1.82, 2.24) is 19.4 Å². The second-order valence-electron chi connectivity index (χ2n) is 7.77. The van der Waals surface area contributed by atoms with Gasteiger partial charge in [0.15, 0.2) is 5.65 Å². The Morgan fingerprint density at radius 1 is 1.31 bits per heavy atom. The van der Waals surface area contributed by atoms with Crippen LogP contribution in [0, 0.1) is 0 Å². The van der Waals surface area contributed by atoms with Crippen LogP contribution in [0.25, 0.3) is 11.2 Å². The number of pyridine rings is 1. The number of nitrogens with two attached hydrogens (primary N) is 1. The molecule has 10 nitrogen and oxygen atoms in total. The number of rotatable bonds is 7. The van der Waals surface area contributed by atoms with E-state index >= 15 is 0 Å². The van der Waals surface area contributed by atoms with Crippen LogP contribution >= 0.6 is 0 Å². The van der Waals surface area contributed by atoms with Gasteiger partial charge in [-0.25, -0.2) is 9.97 Å². The van der Waals surface area contributed by atoms with E-state index in [4.69, 9.17) is 10.5 Å². The molecule has 4 N–H and O–H groups in total. The molecule has 2 aromatic heterocycles. The SMILES string of the molecule is COCCCn1c(NC(=O)c2cccc(N)c2)nc2cc(C(=O)N3CC[C@H](O)C3)cnc21. The largest absolute Gasteiger partial charge is 0.399 e. The van der Waals surface area contributed by atoms with Crippen LogP contribution < -0.4 is 11.1 Å². The first-order valence-electron chi connectivity index (χ1n) is 10.5. The molecule has 1 atom stereocenters. The number of nitrogens with zero attached hydrogens (tertiary/aromatic N) is 4. The summed E-state index contributed by atoms with van der Waals surface area (Å²) in [6.45, 7) is 1.88. The average molecular weight is 438 g/mol. The van der Waals surface area contributed by atoms with Crippen molar-refractivity contribution in [1.29, 1.82) is 0 Å². The Kier molecular flexibility index (Phi) is 6.33. The number of amides is 2. The highest BCUT2D eigenvalue weighted by Crippen LogP contribution is 2.22. The quantitative estimate of drug-likeness (QED) is 0.376. The number of imidazole rings is 1. The second kappa shape index (κ2) is 9.33. The number of anilines is 2. The smallest absolute Gasteiger partial charge is 0.258 e. The van der Waals surface area contributed by atoms with Gasteiger partial charge < -0.3 is 20.5 Å². The molecular weight excluding hydrogens is 412 g/mol. The summed E-state index contributed by atoms with van der Waals surface area (Å²) in [7, 11) is 1.62. The molecule has 32 heavy (non-hydrogen) atoms. The molecule has 168 valence electrons. The van der Waals surface area contributed by atoms with Gasteiger partial charge in [-0.3, -0.25) is 19.5 Å². The third kappa shape index (κ3) is 4.56. The zero-order valence-electron chi connectivity index (χ0n) is 17.8. The topological polar surface area (TPSA) is 136 Å². The Bertz CT molecular complexity index is 1140. The summed E-state index contributed by atoms with van der Waals surface area (Å²) in [6, 6.07) is 8.34. The summed E-state index contributed by atoms with van der Waals surface area (Å²) in [6.07, 6.45) is 2.27. The molecule has 3 heterocycles. The van der Waals surface area contributed by atoms with Gasteiger partial charge >= 0.3 is 0 Å². The van der Waals surface area contributed by atoms with E-state index in [1.165, 1.54) is 6.20 Å². The average Bonchev–Trinajstić information content (AvgIpc) is 3.36. The van der Waals surface area contributed by atoms with Crippen LogP contribution in [0.5, 0.6) is 0 Å². The van der Waals surface area contributed by atoms with Gasteiger partial charge in [0.25, 0.3) is 11.8 Å². The Balaban J connectivity index is 1.64. The number of aromatic nitrogens is 3. The van der Waals surface area contributed by atoms with Gasteiger partial charge in [-0.15, -0.1) is 0 Å². The second-order valence-corrected chi connectivity index (χ2v) is 7.77. The number of likely N-dealkylation sites (tertiary alicyclic amines) is 1. The van der Waals surface area contributed by atoms with Crippen molar-refractivity contribution in [3.05, 3.63) is 47.7 Å². The van der Waals surface area contributed by atoms with Gasteiger partial charge in [0.1, 0.15) is 5.52 Å². The predicted molar refractivity (Wildman–Crippen MR) is 119 cm³/mol. The molecule has 1 saturated heterocycles. The van der Waals surface area contributed by atoms with Crippen molar-refractivity contribution in [3.63, 3.8) is 0 Å². The van der Waals surface area contributed by atoms with E-state index in [9.17, 15) is 14.7 Å². The zero-order chi connectivity index (χ0) is 22.7. The minimum atomic E-state index is -0.496. The van der Waals surface area contributed by atoms with Crippen molar-refractivity contribution in [2.24, 2.45) is 0 Å². The van der Waals surface area contributed by atoms with Crippen LogP contribution in [0.15, 0.2) is 36.5 Å². The number of hydrogen-bond donors (Lipinski definition) is 3. The highest BCUT2D eigenvalue weighted by Gasteiger charge is 2.26. The number of carbonyl (C=O) groups is 2. The van der Waals surface area contributed by atoms with Crippen LogP contribution in [0.1, 0.15) is 33.6 Å². The molecule has 0 unspecified atom stereocenters. The first-order valence-corrected chi connectivity index (χ1v) is 10.5. The lowest BCUT2D eigenvalue weighted by molar-refractivity contribution is 0.0764. The Hall–Kier alpha value is -3.50. The van der Waals surface area contributed by atoms with Crippen LogP contribution in [-0.4, -0.2) is 69.3 Å². The minimum absolute atomic E-state index is 0.199. The molecule has 2 amide bonds. The lowest BCUT2D eigenvalue weighted by atomic mass is 10.2. The summed E-state index contributed by atoms with van der Waals surface area (Å²) >= 11 is 0. The molecule has 1 aliphatic rings. The van der Waals surface area contributed by atoms with Crippen molar-refractivity contribution in [2.75, 3.05) is 37.9 Å². The van der Waals surface area contributed by atoms with Crippen LogP contribution in [0.3, 0.4) is 0 Å². The number of carbonyl (C=O) groups excluding carboxylic acids is 2. The molecule has 10 heteroatoms. The lowest BCUT2D eigenvalue weighted by Gasteiger charge is -2.15. The molecule has 1 fully saturated rings. The third-order valence-corrected chi connectivity index (χ3v) is 5.39. The number of benzene rings is 1. The Morgan fingerprint density at radius 2 is 2.16 bits per heavy atom. The first-order chi connectivity index (χ1) is 15.5. The number of nitrogens with one attached hydrogen (secondary N) is 1. The fraction of sp³-hybridized carbons (Fsp3) is 0.364. The monoisotopic (exact) mass is 438 g/mol. The number of ether oxygens (including phenoxy) is 1. The van der Waals surface area contributed by atoms with Crippen molar-refractivity contribution in [3.8, 4) is 0 Å². The van der Waals surface area contributed by atoms with E-state index in [0.717, 1.165) is 0 Å². The fourth-order valence-corrected chi connectivity index (χ4v) is 3.76. The van der Waals surface area contributed by atoms with Crippen molar-refractivity contribution >= 4 is 34.6 Å². The normalized spacial score (nSPS) is 15.9. The number of nitrogen functional groups attached to an aromatic ring is 1. The minimum Gasteiger partial charge on any atom is -0.399 e. The number of aryl methyl sites for hydroxylation is 1. The maximum absolute atomic E-state index is 12.8. The predicted octanol–water partition coefficient (Wildman–Crippen LogP) is 1.51. The van der Waals surface area contributed by atoms with E-state index in [0.29, 0.717) is 73.0 Å². The van der Waals surface area contributed by atoms with E-state index < -0.39 is 6.10 Å². The molecule has 4 rings (SSSR count). The maximum atomic E-state index is 12.8. The summed E-state index contributed by atoms with van der Waals surface area (Å²) in [5.41, 5.74) is 8.14. The van der Waals surface area contributed by atoms with Crippen LogP contribution in [-0.2, 0) is 11.3 Å². The van der Waals surface area contributed by atoms with E-state index in [1.54, 1.807) is 46.9 Å². The lowest BCUT2D eigenvalue weighted by Crippen LogP contribution is -2.29. The summed E-state index contributed by atoms with van der Waals surface area (Å²) in [5.74, 6) is -0.213. The van der Waals surface area contributed by atoms with Crippen molar-refractivity contribution < 1.29 is 19.4 Å². The molecule has 0 bridgehead atoms. The Morgan fingerprint density at radius 3 is 2.88 bits per heavy atom. The van der Waals surface area contributed by atoms with Crippen LogP contribution in [0.2, 0.25) is 0 Å². The number of β-amino-alcohol motifs (C(OH)–C–C–N with tert-alkyl or cyclic N) is 1. The molecular formula is C22H26N6O4. The molecule has 1 aliphatic heterocycles. The summed E-state index contributed by atoms with van der Waals surface area (Å²) < 4.78 is 6.94. The van der Waals surface area contributed by atoms with E-state index in [2.05, 4.69) is 15.3 Å². The van der Waals surface area contributed by atoms with Gasteiger partial charge in [-0.05, 0) is 37.1 Å². The maximum Gasteiger partial charge on any atom is 0.258 e. The molecule has 1 aromatic carbocycles. The van der Waals surface area contributed by atoms with E-state index in [1.807, 2.05) is 0 Å². The molecule has 0 radical (unpaired) electrons. The van der Waals surface area contributed by atoms with Gasteiger partial charge in [-0.1, -0.05) is 6.07 Å². The number of aliphatic hydroxyl groups is 1. The molecule has 0 aliphatic carbocycles. The van der Waals surface area contributed by atoms with Gasteiger partial charge in [-0.2, -0.15) is 0 Å². The first kappa shape index (κ1) is 21.7. The standard InChI is InChI=1S/C22H26N6O4/c1-32-9-3-7-28-19-18(11-15(12-24-19)21(31)27-8-6-17(29)13-27)25-22(28)26-20(30)14-4-2-5-16(23)10-14/h2,4-5,10-12,17,29H,3,6-9,13,23H2,1H3,(H,25,26,30)/t17-/m0/s1. The van der Waals surface area contributed by atoms with Gasteiger partial charge in [0.05, 0.1) is 11.7 Å². The number of methoxy groups -OCH3 is 1. The summed E-state index contributed by atoms with van der Waals surface area (Å²) in [5, 5.41) is 12.5. The van der Waals surface area contributed by atoms with E-state index in [-0.39, 0.29) is 11.8 Å². The highest BCUT2D eigenvalue weighted by molar-refractivity contribution is 6.04. The van der Waals surface area contributed by atoms with Crippen LogP contribution in [0.4, 0.5) is 11.6 Å². The third-order valence-electron chi connectivity index (χ3n) is 5.39. The van der Waals surface area contributed by atoms with Gasteiger partial charge in [0, 0.05) is 50.8 Å². The molecule has 3 aromatic rings. The Labute approximate surface area is 185 Å². The number of fused-ring (bicyclic) bond motifs is 1. The number of hydrogen-bond acceptors (Lipinski definition) is 7. The van der Waals surface area contributed by atoms with Gasteiger partial charge in [0.2, 0.25) is 5.95 Å². The zero-order valence-corrected chi connectivity index (χ0v) is 17.8. The fourth-order valence-electron chi connectivity index (χ4n) is 3.76. The molecule has 0 saturated carbocycles. The highest BCUT2D eigenvalue weighted by atomic mass is 16.5.